The number of carbonyl (C=O) groups is 1. The van der Waals surface area contributed by atoms with Crippen molar-refractivity contribution >= 4 is 33.2 Å². The van der Waals surface area contributed by atoms with Crippen molar-refractivity contribution in [2.24, 2.45) is 0 Å². The maximum Gasteiger partial charge on any atom is 0.338 e. The van der Waals surface area contributed by atoms with E-state index in [1.54, 1.807) is 0 Å². The number of aromatic nitrogens is 1. The van der Waals surface area contributed by atoms with Gasteiger partial charge in [-0.2, -0.15) is 0 Å². The van der Waals surface area contributed by atoms with Crippen molar-refractivity contribution in [3.8, 4) is 10.4 Å². The zero-order valence-corrected chi connectivity index (χ0v) is 13.6. The van der Waals surface area contributed by atoms with Gasteiger partial charge in [0.15, 0.2) is 0 Å². The van der Waals surface area contributed by atoms with Gasteiger partial charge in [-0.3, -0.25) is 0 Å². The molecule has 1 unspecified atom stereocenters. The van der Waals surface area contributed by atoms with Crippen molar-refractivity contribution in [2.45, 2.75) is 25.4 Å². The lowest BCUT2D eigenvalue weighted by Gasteiger charge is -2.21. The Labute approximate surface area is 142 Å². The van der Waals surface area contributed by atoms with Crippen LogP contribution in [0.3, 0.4) is 0 Å². The number of benzene rings is 1. The Balaban J connectivity index is 1.84. The Hall–Kier alpha value is -2.44. The second-order valence-electron chi connectivity index (χ2n) is 6.10. The average Bonchev–Trinajstić information content (AvgIpc) is 3.00. The van der Waals surface area contributed by atoms with Gasteiger partial charge in [0.1, 0.15) is 5.82 Å². The first-order valence-corrected chi connectivity index (χ1v) is 8.56. The average molecular weight is 340 g/mol. The molecule has 122 valence electrons. The number of pyridine rings is 1. The van der Waals surface area contributed by atoms with E-state index in [1.165, 1.54) is 28.7 Å². The highest BCUT2D eigenvalue weighted by Gasteiger charge is 2.19. The number of nitrogens with zero attached hydrogens (tertiary/aromatic N) is 1. The molecule has 2 heterocycles. The van der Waals surface area contributed by atoms with Gasteiger partial charge in [0.2, 0.25) is 0 Å². The minimum atomic E-state index is -1.000. The van der Waals surface area contributed by atoms with E-state index >= 15 is 0 Å². The van der Waals surface area contributed by atoms with Gasteiger partial charge in [-0.1, -0.05) is 18.2 Å². The number of carboxylic acid groups (broad SMARTS) is 1. The summed E-state index contributed by atoms with van der Waals surface area (Å²) < 4.78 is 0.651. The van der Waals surface area contributed by atoms with E-state index in [2.05, 4.69) is 17.1 Å². The molecule has 5 nitrogen and oxygen atoms in total. The third-order valence-electron chi connectivity index (χ3n) is 4.51. The molecule has 6 heteroatoms. The van der Waals surface area contributed by atoms with Crippen LogP contribution in [0, 0.1) is 0 Å². The quantitative estimate of drug-likeness (QED) is 0.666. The number of anilines is 1. The Morgan fingerprint density at radius 2 is 2.12 bits per heavy atom. The van der Waals surface area contributed by atoms with Gasteiger partial charge in [0, 0.05) is 16.5 Å². The molecule has 2 aromatic heterocycles. The molecular formula is C18H16N2O3S. The van der Waals surface area contributed by atoms with Gasteiger partial charge >= 0.3 is 5.97 Å². The Morgan fingerprint density at radius 1 is 1.29 bits per heavy atom. The van der Waals surface area contributed by atoms with E-state index in [0.29, 0.717) is 22.3 Å². The molecule has 0 aliphatic heterocycles. The predicted octanol–water partition coefficient (Wildman–Crippen LogP) is 3.09. The summed E-state index contributed by atoms with van der Waals surface area (Å²) in [7, 11) is 0. The molecule has 4 N–H and O–H groups in total. The summed E-state index contributed by atoms with van der Waals surface area (Å²) in [5.41, 5.74) is 9.57. The fraction of sp³-hybridized carbons (Fsp3) is 0.222. The van der Waals surface area contributed by atoms with E-state index in [9.17, 15) is 15.0 Å². The lowest BCUT2D eigenvalue weighted by atomic mass is 9.88. The van der Waals surface area contributed by atoms with Crippen LogP contribution in [0.15, 0.2) is 30.5 Å². The summed E-state index contributed by atoms with van der Waals surface area (Å²) >= 11 is 1.42. The molecule has 3 aromatic rings. The van der Waals surface area contributed by atoms with Gasteiger partial charge in [-0.25, -0.2) is 9.78 Å². The SMILES string of the molecule is Nc1ncc(C(=O)O)c2sc(-c3ccc4c(c3)CCC(O)C4)cc12. The highest BCUT2D eigenvalue weighted by atomic mass is 32.1. The molecular weight excluding hydrogens is 324 g/mol. The highest BCUT2D eigenvalue weighted by Crippen LogP contribution is 2.38. The van der Waals surface area contributed by atoms with Crippen LogP contribution in [0.25, 0.3) is 20.5 Å². The minimum absolute atomic E-state index is 0.177. The normalized spacial score (nSPS) is 17.0. The number of aryl methyl sites for hydroxylation is 1. The number of carboxylic acids is 1. The van der Waals surface area contributed by atoms with Crippen LogP contribution in [-0.2, 0) is 12.8 Å². The molecule has 0 amide bonds. The summed E-state index contributed by atoms with van der Waals surface area (Å²) in [6, 6.07) is 8.12. The number of rotatable bonds is 2. The van der Waals surface area contributed by atoms with Crippen molar-refractivity contribution < 1.29 is 15.0 Å². The fourth-order valence-corrected chi connectivity index (χ4v) is 4.39. The third kappa shape index (κ3) is 2.44. The molecule has 0 saturated heterocycles. The first kappa shape index (κ1) is 15.1. The van der Waals surface area contributed by atoms with Gasteiger partial charge in [-0.15, -0.1) is 11.3 Å². The van der Waals surface area contributed by atoms with E-state index in [1.807, 2.05) is 12.1 Å². The zero-order chi connectivity index (χ0) is 16.8. The number of nitrogens with two attached hydrogens (primary N) is 1. The molecule has 24 heavy (non-hydrogen) atoms. The van der Waals surface area contributed by atoms with Crippen molar-refractivity contribution in [2.75, 3.05) is 5.73 Å². The highest BCUT2D eigenvalue weighted by molar-refractivity contribution is 7.22. The van der Waals surface area contributed by atoms with Gasteiger partial charge in [-0.05, 0) is 42.0 Å². The Bertz CT molecular complexity index is 964. The van der Waals surface area contributed by atoms with Crippen LogP contribution in [0.5, 0.6) is 0 Å². The van der Waals surface area contributed by atoms with Crippen molar-refractivity contribution in [1.29, 1.82) is 0 Å². The summed E-state index contributed by atoms with van der Waals surface area (Å²) in [6.45, 7) is 0. The molecule has 1 aromatic carbocycles. The molecule has 0 saturated carbocycles. The summed E-state index contributed by atoms with van der Waals surface area (Å²) in [5, 5.41) is 19.8. The number of nitrogen functional groups attached to an aromatic ring is 1. The topological polar surface area (TPSA) is 96.4 Å². The van der Waals surface area contributed by atoms with Gasteiger partial charge in [0.25, 0.3) is 0 Å². The number of fused-ring (bicyclic) bond motifs is 2. The van der Waals surface area contributed by atoms with Crippen LogP contribution in [0.2, 0.25) is 0 Å². The van der Waals surface area contributed by atoms with Crippen LogP contribution in [0.4, 0.5) is 5.82 Å². The maximum absolute atomic E-state index is 11.4. The van der Waals surface area contributed by atoms with Crippen molar-refractivity contribution in [3.63, 3.8) is 0 Å². The Kier molecular flexibility index (Phi) is 3.51. The first-order valence-electron chi connectivity index (χ1n) is 7.74. The molecule has 0 fully saturated rings. The van der Waals surface area contributed by atoms with Gasteiger partial charge < -0.3 is 15.9 Å². The van der Waals surface area contributed by atoms with E-state index in [0.717, 1.165) is 23.3 Å². The molecule has 0 radical (unpaired) electrons. The summed E-state index contributed by atoms with van der Waals surface area (Å²) in [5.74, 6) is -0.654. The standard InChI is InChI=1S/C18H16N2O3S/c19-17-13-7-15(24-16(13)14(8-20-17)18(22)23)11-2-1-10-6-12(21)4-3-9(10)5-11/h1-2,5,7-8,12,21H,3-4,6H2,(H2,19,20)(H,22,23). The zero-order valence-electron chi connectivity index (χ0n) is 12.8. The molecule has 4 rings (SSSR count). The fourth-order valence-electron chi connectivity index (χ4n) is 3.23. The number of aliphatic hydroxyl groups excluding tert-OH is 1. The smallest absolute Gasteiger partial charge is 0.338 e. The lowest BCUT2D eigenvalue weighted by molar-refractivity contribution is 0.0699. The molecule has 1 atom stereocenters. The van der Waals surface area contributed by atoms with Crippen LogP contribution in [-0.4, -0.2) is 27.3 Å². The lowest BCUT2D eigenvalue weighted by Crippen LogP contribution is -2.18. The number of thiophene rings is 1. The minimum Gasteiger partial charge on any atom is -0.478 e. The summed E-state index contributed by atoms with van der Waals surface area (Å²) in [4.78, 5) is 16.4. The maximum atomic E-state index is 11.4. The predicted molar refractivity (Wildman–Crippen MR) is 94.5 cm³/mol. The van der Waals surface area contributed by atoms with Crippen LogP contribution in [0.1, 0.15) is 27.9 Å². The molecule has 0 bridgehead atoms. The molecule has 1 aliphatic rings. The van der Waals surface area contributed by atoms with E-state index < -0.39 is 5.97 Å². The second kappa shape index (κ2) is 5.58. The van der Waals surface area contributed by atoms with Crippen LogP contribution < -0.4 is 5.73 Å². The second-order valence-corrected chi connectivity index (χ2v) is 7.15. The Morgan fingerprint density at radius 3 is 2.92 bits per heavy atom. The van der Waals surface area contributed by atoms with E-state index in [4.69, 9.17) is 5.73 Å². The number of hydrogen-bond acceptors (Lipinski definition) is 5. The molecule has 1 aliphatic carbocycles. The number of aromatic carboxylic acids is 1. The third-order valence-corrected chi connectivity index (χ3v) is 5.73. The first-order chi connectivity index (χ1) is 11.5. The van der Waals surface area contributed by atoms with E-state index in [-0.39, 0.29) is 11.7 Å². The van der Waals surface area contributed by atoms with Gasteiger partial charge in [0.05, 0.1) is 16.4 Å². The number of aliphatic hydroxyl groups is 1. The van der Waals surface area contributed by atoms with Crippen molar-refractivity contribution in [1.82, 2.24) is 4.98 Å². The van der Waals surface area contributed by atoms with Crippen molar-refractivity contribution in [3.05, 3.63) is 47.2 Å². The van der Waals surface area contributed by atoms with Crippen LogP contribution >= 0.6 is 11.3 Å². The number of hydrogen-bond donors (Lipinski definition) is 3. The largest absolute Gasteiger partial charge is 0.478 e. The summed E-state index contributed by atoms with van der Waals surface area (Å²) in [6.07, 6.45) is 3.40. The molecule has 0 spiro atoms. The monoisotopic (exact) mass is 340 g/mol.